The molecule has 4 heterocycles. The second kappa shape index (κ2) is 11.1. The molecule has 2 N–H and O–H groups in total. The van der Waals surface area contributed by atoms with Crippen LogP contribution in [0.3, 0.4) is 0 Å². The summed E-state index contributed by atoms with van der Waals surface area (Å²) in [6.45, 7) is 9.92. The summed E-state index contributed by atoms with van der Waals surface area (Å²) in [7, 11) is 0. The summed E-state index contributed by atoms with van der Waals surface area (Å²) in [5.41, 5.74) is 7.72. The van der Waals surface area contributed by atoms with Gasteiger partial charge in [-0.2, -0.15) is 0 Å². The van der Waals surface area contributed by atoms with E-state index in [0.717, 1.165) is 32.5 Å². The van der Waals surface area contributed by atoms with Crippen molar-refractivity contribution in [1.29, 1.82) is 0 Å². The van der Waals surface area contributed by atoms with Crippen LogP contribution in [0, 0.1) is 18.8 Å². The third-order valence-corrected chi connectivity index (χ3v) is 8.16. The maximum Gasteiger partial charge on any atom is 0.268 e. The molecule has 0 aliphatic carbocycles. The number of likely N-dealkylation sites (tertiary alicyclic amines) is 2. The van der Waals surface area contributed by atoms with Crippen LogP contribution in [0.4, 0.5) is 5.95 Å². The summed E-state index contributed by atoms with van der Waals surface area (Å²) in [4.78, 5) is 54.7. The quantitative estimate of drug-likeness (QED) is 0.584. The van der Waals surface area contributed by atoms with Crippen molar-refractivity contribution in [1.82, 2.24) is 24.7 Å². The first-order valence-corrected chi connectivity index (χ1v) is 13.5. The number of carbonyl (C=O) groups excluding carboxylic acids is 3. The minimum Gasteiger partial charge on any atom is -0.364 e. The van der Waals surface area contributed by atoms with Gasteiger partial charge in [0.2, 0.25) is 11.9 Å². The molecule has 2 aromatic rings. The molecule has 3 amide bonds. The Balaban J connectivity index is 1.21. The summed E-state index contributed by atoms with van der Waals surface area (Å²) in [6.07, 6.45) is 2.20. The summed E-state index contributed by atoms with van der Waals surface area (Å²) >= 11 is 0. The van der Waals surface area contributed by atoms with E-state index < -0.39 is 5.91 Å². The van der Waals surface area contributed by atoms with Gasteiger partial charge in [-0.05, 0) is 43.7 Å². The van der Waals surface area contributed by atoms with Gasteiger partial charge in [0.25, 0.3) is 11.8 Å². The molecule has 2 atom stereocenters. The molecule has 10 heteroatoms. The molecular formula is C28H37N7O3. The van der Waals surface area contributed by atoms with Crippen LogP contribution in [0.5, 0.6) is 0 Å². The summed E-state index contributed by atoms with van der Waals surface area (Å²) in [6, 6.07) is 10.6. The molecule has 1 aromatic carbocycles. The number of hydrogen-bond donors (Lipinski definition) is 1. The van der Waals surface area contributed by atoms with Gasteiger partial charge in [0, 0.05) is 59.3 Å². The van der Waals surface area contributed by atoms with Crippen LogP contribution in [-0.4, -0.2) is 101 Å². The van der Waals surface area contributed by atoms with E-state index in [1.165, 1.54) is 5.56 Å². The molecule has 0 radical (unpaired) electrons. The van der Waals surface area contributed by atoms with E-state index in [1.807, 2.05) is 15.9 Å². The van der Waals surface area contributed by atoms with Crippen molar-refractivity contribution >= 4 is 23.7 Å². The predicted octanol–water partition coefficient (Wildman–Crippen LogP) is 1.19. The zero-order valence-corrected chi connectivity index (χ0v) is 22.3. The van der Waals surface area contributed by atoms with E-state index >= 15 is 0 Å². The highest BCUT2D eigenvalue weighted by atomic mass is 16.2. The van der Waals surface area contributed by atoms with E-state index in [0.29, 0.717) is 62.7 Å². The van der Waals surface area contributed by atoms with Gasteiger partial charge in [0.1, 0.15) is 5.69 Å². The van der Waals surface area contributed by atoms with Crippen LogP contribution in [0.2, 0.25) is 0 Å². The molecule has 10 nitrogen and oxygen atoms in total. The van der Waals surface area contributed by atoms with Gasteiger partial charge in [-0.15, -0.1) is 0 Å². The average molecular weight is 520 g/mol. The second-order valence-electron chi connectivity index (χ2n) is 10.8. The van der Waals surface area contributed by atoms with Crippen molar-refractivity contribution in [2.75, 3.05) is 63.8 Å². The van der Waals surface area contributed by atoms with Crippen LogP contribution >= 0.6 is 0 Å². The van der Waals surface area contributed by atoms with Crippen LogP contribution in [0.25, 0.3) is 0 Å². The largest absolute Gasteiger partial charge is 0.364 e. The number of nitrogens with two attached hydrogens (primary N) is 1. The Morgan fingerprint density at radius 3 is 2.18 bits per heavy atom. The number of piperazine rings is 1. The number of amides is 3. The first kappa shape index (κ1) is 26.1. The van der Waals surface area contributed by atoms with Crippen molar-refractivity contribution in [3.63, 3.8) is 0 Å². The normalized spacial score (nSPS) is 21.6. The molecule has 202 valence electrons. The number of carbonyl (C=O) groups is 3. The number of rotatable bonds is 7. The molecule has 0 bridgehead atoms. The van der Waals surface area contributed by atoms with Gasteiger partial charge >= 0.3 is 0 Å². The smallest absolute Gasteiger partial charge is 0.268 e. The summed E-state index contributed by atoms with van der Waals surface area (Å²) in [5.74, 6) is 0.337. The van der Waals surface area contributed by atoms with Crippen molar-refractivity contribution < 1.29 is 14.4 Å². The van der Waals surface area contributed by atoms with Gasteiger partial charge in [0.15, 0.2) is 0 Å². The van der Waals surface area contributed by atoms with Gasteiger partial charge in [0.05, 0.1) is 11.3 Å². The molecular weight excluding hydrogens is 482 g/mol. The van der Waals surface area contributed by atoms with Crippen molar-refractivity contribution in [2.45, 2.75) is 26.7 Å². The number of anilines is 1. The lowest BCUT2D eigenvalue weighted by Gasteiger charge is -2.34. The molecule has 5 rings (SSSR count). The lowest BCUT2D eigenvalue weighted by Crippen LogP contribution is -2.48. The molecule has 1 unspecified atom stereocenters. The third kappa shape index (κ3) is 5.50. The van der Waals surface area contributed by atoms with E-state index in [9.17, 15) is 14.4 Å². The second-order valence-corrected chi connectivity index (χ2v) is 10.8. The number of fused-ring (bicyclic) bond motifs is 1. The fourth-order valence-corrected chi connectivity index (χ4v) is 6.10. The highest BCUT2D eigenvalue weighted by Gasteiger charge is 2.42. The molecule has 3 aliphatic heterocycles. The van der Waals surface area contributed by atoms with Gasteiger partial charge in [-0.1, -0.05) is 30.3 Å². The van der Waals surface area contributed by atoms with E-state index in [-0.39, 0.29) is 23.1 Å². The van der Waals surface area contributed by atoms with Crippen LogP contribution in [0.1, 0.15) is 45.4 Å². The zero-order chi connectivity index (χ0) is 26.8. The fourth-order valence-electron chi connectivity index (χ4n) is 6.10. The third-order valence-electron chi connectivity index (χ3n) is 8.16. The molecule has 0 saturated carbocycles. The number of primary amides is 1. The fraction of sp³-hybridized carbons (Fsp3) is 0.536. The standard InChI is InChI=1S/C28H37N7O3/c1-19-24(25(26(29)37)31-28(30-19)34-13-11-33(12-14-34)20(2)36)27(38)35-17-22-15-32(16-23(22)18-35)10-6-9-21-7-4-3-5-8-21/h3-5,7-8,22-23H,6,9-18H2,1-2H3,(H2,29,37)/t22-,23?/m0/s1. The van der Waals surface area contributed by atoms with Gasteiger partial charge < -0.3 is 25.3 Å². The van der Waals surface area contributed by atoms with Gasteiger partial charge in [-0.3, -0.25) is 14.4 Å². The van der Waals surface area contributed by atoms with Crippen LogP contribution < -0.4 is 10.6 Å². The lowest BCUT2D eigenvalue weighted by molar-refractivity contribution is -0.129. The maximum atomic E-state index is 13.6. The molecule has 3 saturated heterocycles. The van der Waals surface area contributed by atoms with Crippen molar-refractivity contribution in [3.05, 3.63) is 52.8 Å². The Kier molecular flexibility index (Phi) is 7.60. The van der Waals surface area contributed by atoms with E-state index in [4.69, 9.17) is 5.73 Å². The number of hydrogen-bond acceptors (Lipinski definition) is 7. The maximum absolute atomic E-state index is 13.6. The first-order valence-electron chi connectivity index (χ1n) is 13.5. The highest BCUT2D eigenvalue weighted by molar-refractivity contribution is 6.06. The molecule has 3 aliphatic rings. The summed E-state index contributed by atoms with van der Waals surface area (Å²) in [5, 5.41) is 0. The van der Waals surface area contributed by atoms with Crippen LogP contribution in [-0.2, 0) is 11.2 Å². The Morgan fingerprint density at radius 2 is 1.58 bits per heavy atom. The molecule has 1 aromatic heterocycles. The summed E-state index contributed by atoms with van der Waals surface area (Å²) < 4.78 is 0. The van der Waals surface area contributed by atoms with Crippen molar-refractivity contribution in [2.24, 2.45) is 17.6 Å². The molecule has 0 spiro atoms. The van der Waals surface area contributed by atoms with Crippen molar-refractivity contribution in [3.8, 4) is 0 Å². The first-order chi connectivity index (χ1) is 18.3. The topological polar surface area (TPSA) is 116 Å². The highest BCUT2D eigenvalue weighted by Crippen LogP contribution is 2.33. The number of aryl methyl sites for hydroxylation is 2. The van der Waals surface area contributed by atoms with E-state index in [2.05, 4.69) is 39.1 Å². The predicted molar refractivity (Wildman–Crippen MR) is 144 cm³/mol. The molecule has 38 heavy (non-hydrogen) atoms. The SMILES string of the molecule is CC(=O)N1CCN(c2nc(C)c(C(=O)N3CC4CN(CCCc5ccccc5)C[C@H]4C3)c(C(N)=O)n2)CC1. The Hall–Kier alpha value is -3.53. The zero-order valence-electron chi connectivity index (χ0n) is 22.3. The average Bonchev–Trinajstić information content (AvgIpc) is 3.47. The molecule has 3 fully saturated rings. The van der Waals surface area contributed by atoms with Gasteiger partial charge in [-0.25, -0.2) is 9.97 Å². The minimum absolute atomic E-state index is 0.0221. The van der Waals surface area contributed by atoms with E-state index in [1.54, 1.807) is 18.7 Å². The Labute approximate surface area is 223 Å². The Morgan fingerprint density at radius 1 is 0.921 bits per heavy atom. The Bertz CT molecular complexity index is 1180. The monoisotopic (exact) mass is 519 g/mol. The van der Waals surface area contributed by atoms with Crippen LogP contribution in [0.15, 0.2) is 30.3 Å². The lowest BCUT2D eigenvalue weighted by atomic mass is 10.0. The minimum atomic E-state index is -0.730. The number of nitrogens with zero attached hydrogens (tertiary/aromatic N) is 6. The number of benzene rings is 1. The number of aromatic nitrogens is 2.